The molecule has 0 bridgehead atoms. The second kappa shape index (κ2) is 3.24. The second-order valence-corrected chi connectivity index (χ2v) is 3.31. The Morgan fingerprint density at radius 3 is 2.70 bits per heavy atom. The van der Waals surface area contributed by atoms with E-state index in [1.165, 1.54) is 6.92 Å². The summed E-state index contributed by atoms with van der Waals surface area (Å²) in [6.45, 7) is 1.53. The van der Waals surface area contributed by atoms with Gasteiger partial charge in [0, 0.05) is 13.0 Å². The number of rotatable bonds is 1. The fourth-order valence-electron chi connectivity index (χ4n) is 1.34. The summed E-state index contributed by atoms with van der Waals surface area (Å²) in [4.78, 5) is 10.6. The lowest BCUT2D eigenvalue weighted by molar-refractivity contribution is -0.119. The monoisotopic (exact) mass is 161 g/mol. The molecule has 1 amide bonds. The minimum absolute atomic E-state index is 0.0255. The van der Waals surface area contributed by atoms with Crippen molar-refractivity contribution in [3.8, 4) is 0 Å². The van der Waals surface area contributed by atoms with Gasteiger partial charge in [0.25, 0.3) is 0 Å². The molecule has 2 unspecified atom stereocenters. The molecule has 0 aromatic carbocycles. The van der Waals surface area contributed by atoms with E-state index in [-0.39, 0.29) is 17.3 Å². The van der Waals surface area contributed by atoms with Gasteiger partial charge in [-0.15, -0.1) is 11.6 Å². The molecule has 1 N–H and O–H groups in total. The first-order chi connectivity index (χ1) is 4.70. The smallest absolute Gasteiger partial charge is 0.217 e. The van der Waals surface area contributed by atoms with Gasteiger partial charge in [0.15, 0.2) is 0 Å². The third kappa shape index (κ3) is 1.87. The van der Waals surface area contributed by atoms with E-state index in [1.807, 2.05) is 0 Å². The van der Waals surface area contributed by atoms with E-state index in [2.05, 4.69) is 5.32 Å². The fraction of sp³-hybridized carbons (Fsp3) is 0.857. The Kier molecular flexibility index (Phi) is 2.55. The van der Waals surface area contributed by atoms with Gasteiger partial charge in [-0.05, 0) is 19.3 Å². The van der Waals surface area contributed by atoms with Crippen LogP contribution in [0.15, 0.2) is 0 Å². The topological polar surface area (TPSA) is 29.1 Å². The van der Waals surface area contributed by atoms with Crippen LogP contribution in [0.5, 0.6) is 0 Å². The molecule has 10 heavy (non-hydrogen) atoms. The van der Waals surface area contributed by atoms with Crippen molar-refractivity contribution >= 4 is 17.5 Å². The highest BCUT2D eigenvalue weighted by molar-refractivity contribution is 6.21. The highest BCUT2D eigenvalue weighted by Gasteiger charge is 2.25. The van der Waals surface area contributed by atoms with E-state index in [1.54, 1.807) is 0 Å². The van der Waals surface area contributed by atoms with Crippen LogP contribution in [0.4, 0.5) is 0 Å². The second-order valence-electron chi connectivity index (χ2n) is 2.75. The molecule has 0 saturated heterocycles. The third-order valence-corrected chi connectivity index (χ3v) is 2.34. The van der Waals surface area contributed by atoms with Gasteiger partial charge in [0.2, 0.25) is 5.91 Å². The molecule has 1 saturated carbocycles. The molecule has 1 rings (SSSR count). The average molecular weight is 162 g/mol. The number of nitrogens with one attached hydrogen (secondary N) is 1. The van der Waals surface area contributed by atoms with E-state index < -0.39 is 0 Å². The number of carbonyl (C=O) groups excluding carboxylic acids is 1. The zero-order valence-corrected chi connectivity index (χ0v) is 6.82. The SMILES string of the molecule is CC(=O)NC1CCCC1Cl. The zero-order chi connectivity index (χ0) is 7.56. The Hall–Kier alpha value is -0.240. The molecule has 0 heterocycles. The van der Waals surface area contributed by atoms with Crippen molar-refractivity contribution in [1.29, 1.82) is 0 Å². The Morgan fingerprint density at radius 2 is 2.30 bits per heavy atom. The summed E-state index contributed by atoms with van der Waals surface area (Å²) < 4.78 is 0. The Bertz CT molecular complexity index is 138. The summed E-state index contributed by atoms with van der Waals surface area (Å²) in [6, 6.07) is 0.221. The average Bonchev–Trinajstić information content (AvgIpc) is 2.15. The highest BCUT2D eigenvalue weighted by atomic mass is 35.5. The standard InChI is InChI=1S/C7H12ClNO/c1-5(10)9-7-4-2-3-6(7)8/h6-7H,2-4H2,1H3,(H,9,10). The van der Waals surface area contributed by atoms with Crippen molar-refractivity contribution in [3.63, 3.8) is 0 Å². The summed E-state index contributed by atoms with van der Waals surface area (Å²) >= 11 is 5.91. The Morgan fingerprint density at radius 1 is 1.60 bits per heavy atom. The summed E-state index contributed by atoms with van der Waals surface area (Å²) in [5.41, 5.74) is 0. The van der Waals surface area contributed by atoms with Gasteiger partial charge in [-0.25, -0.2) is 0 Å². The number of alkyl halides is 1. The molecule has 1 aliphatic carbocycles. The first-order valence-electron chi connectivity index (χ1n) is 3.61. The molecule has 1 aliphatic rings. The molecule has 2 atom stereocenters. The summed E-state index contributed by atoms with van der Waals surface area (Å²) in [5.74, 6) is 0.0255. The molecule has 58 valence electrons. The summed E-state index contributed by atoms with van der Waals surface area (Å²) in [7, 11) is 0. The third-order valence-electron chi connectivity index (χ3n) is 1.82. The maximum atomic E-state index is 10.6. The van der Waals surface area contributed by atoms with Gasteiger partial charge in [-0.1, -0.05) is 0 Å². The van der Waals surface area contributed by atoms with E-state index in [4.69, 9.17) is 11.6 Å². The lowest BCUT2D eigenvalue weighted by atomic mass is 10.2. The van der Waals surface area contributed by atoms with E-state index >= 15 is 0 Å². The number of hydrogen-bond donors (Lipinski definition) is 1. The minimum atomic E-state index is 0.0255. The number of carbonyl (C=O) groups is 1. The highest BCUT2D eigenvalue weighted by Crippen LogP contribution is 2.23. The van der Waals surface area contributed by atoms with Crippen LogP contribution in [0.1, 0.15) is 26.2 Å². The largest absolute Gasteiger partial charge is 0.352 e. The zero-order valence-electron chi connectivity index (χ0n) is 6.06. The van der Waals surface area contributed by atoms with Gasteiger partial charge in [0.05, 0.1) is 5.38 Å². The molecular formula is C7H12ClNO. The normalized spacial score (nSPS) is 32.2. The first-order valence-corrected chi connectivity index (χ1v) is 4.05. The lowest BCUT2D eigenvalue weighted by Gasteiger charge is -2.13. The number of halogens is 1. The molecule has 2 nitrogen and oxygen atoms in total. The number of amides is 1. The van der Waals surface area contributed by atoms with Crippen LogP contribution in [0.3, 0.4) is 0 Å². The minimum Gasteiger partial charge on any atom is -0.352 e. The summed E-state index contributed by atoms with van der Waals surface area (Å²) in [6.07, 6.45) is 3.21. The van der Waals surface area contributed by atoms with Gasteiger partial charge in [-0.2, -0.15) is 0 Å². The maximum Gasteiger partial charge on any atom is 0.217 e. The lowest BCUT2D eigenvalue weighted by Crippen LogP contribution is -2.36. The van der Waals surface area contributed by atoms with Crippen molar-refractivity contribution in [2.75, 3.05) is 0 Å². The quantitative estimate of drug-likeness (QED) is 0.577. The van der Waals surface area contributed by atoms with Gasteiger partial charge in [-0.3, -0.25) is 4.79 Å². The molecule has 0 aliphatic heterocycles. The van der Waals surface area contributed by atoms with Crippen molar-refractivity contribution in [1.82, 2.24) is 5.32 Å². The van der Waals surface area contributed by atoms with Crippen LogP contribution < -0.4 is 5.32 Å². The Labute approximate surface area is 65.9 Å². The van der Waals surface area contributed by atoms with Crippen LogP contribution in [0.25, 0.3) is 0 Å². The first kappa shape index (κ1) is 7.86. The maximum absolute atomic E-state index is 10.6. The van der Waals surface area contributed by atoms with Crippen LogP contribution >= 0.6 is 11.6 Å². The molecule has 0 aromatic rings. The van der Waals surface area contributed by atoms with Gasteiger partial charge in [0.1, 0.15) is 0 Å². The molecule has 1 fully saturated rings. The van der Waals surface area contributed by atoms with E-state index in [0.29, 0.717) is 0 Å². The predicted octanol–water partition coefficient (Wildman–Crippen LogP) is 1.28. The van der Waals surface area contributed by atoms with Crippen molar-refractivity contribution in [3.05, 3.63) is 0 Å². The summed E-state index contributed by atoms with van der Waals surface area (Å²) in [5, 5.41) is 2.98. The van der Waals surface area contributed by atoms with Crippen LogP contribution in [-0.4, -0.2) is 17.3 Å². The van der Waals surface area contributed by atoms with Crippen molar-refractivity contribution < 1.29 is 4.79 Å². The van der Waals surface area contributed by atoms with Crippen LogP contribution in [-0.2, 0) is 4.79 Å². The van der Waals surface area contributed by atoms with E-state index in [9.17, 15) is 4.79 Å². The van der Waals surface area contributed by atoms with Gasteiger partial charge >= 0.3 is 0 Å². The fourth-order valence-corrected chi connectivity index (χ4v) is 1.68. The molecule has 0 spiro atoms. The van der Waals surface area contributed by atoms with Crippen molar-refractivity contribution in [2.24, 2.45) is 0 Å². The molecule has 0 aromatic heterocycles. The van der Waals surface area contributed by atoms with Crippen LogP contribution in [0.2, 0.25) is 0 Å². The van der Waals surface area contributed by atoms with Crippen LogP contribution in [0, 0.1) is 0 Å². The predicted molar refractivity (Wildman–Crippen MR) is 41.1 cm³/mol. The van der Waals surface area contributed by atoms with E-state index in [0.717, 1.165) is 19.3 Å². The Balaban J connectivity index is 2.33. The molecular weight excluding hydrogens is 150 g/mol. The number of hydrogen-bond acceptors (Lipinski definition) is 1. The van der Waals surface area contributed by atoms with Gasteiger partial charge < -0.3 is 5.32 Å². The molecule has 3 heteroatoms. The molecule has 0 radical (unpaired) electrons. The van der Waals surface area contributed by atoms with Crippen molar-refractivity contribution in [2.45, 2.75) is 37.6 Å².